The standard InChI is InChI=1S/C15H13FN2O2/c16-15(8-9-15)12-7-6-11(14(20)18-12)13(19)17-10-4-2-1-3-5-10/h1-7H,8-9H2,(H,17,19)(H,18,20). The summed E-state index contributed by atoms with van der Waals surface area (Å²) in [6.07, 6.45) is 0.830. The highest BCUT2D eigenvalue weighted by Gasteiger charge is 2.46. The van der Waals surface area contributed by atoms with E-state index in [9.17, 15) is 14.0 Å². The van der Waals surface area contributed by atoms with Crippen molar-refractivity contribution in [3.05, 3.63) is 64.1 Å². The summed E-state index contributed by atoms with van der Waals surface area (Å²) in [5.74, 6) is -0.507. The predicted octanol–water partition coefficient (Wildman–Crippen LogP) is 2.59. The first kappa shape index (κ1) is 12.6. The number of aromatic amines is 1. The van der Waals surface area contributed by atoms with Crippen molar-refractivity contribution >= 4 is 11.6 Å². The molecule has 20 heavy (non-hydrogen) atoms. The van der Waals surface area contributed by atoms with Crippen LogP contribution in [0.5, 0.6) is 0 Å². The number of para-hydroxylation sites is 1. The molecule has 1 aliphatic carbocycles. The lowest BCUT2D eigenvalue weighted by Crippen LogP contribution is -2.24. The van der Waals surface area contributed by atoms with Gasteiger partial charge in [-0.25, -0.2) is 4.39 Å². The lowest BCUT2D eigenvalue weighted by Gasteiger charge is -2.07. The maximum absolute atomic E-state index is 13.8. The topological polar surface area (TPSA) is 62.0 Å². The van der Waals surface area contributed by atoms with Crippen molar-refractivity contribution in [1.29, 1.82) is 0 Å². The van der Waals surface area contributed by atoms with E-state index < -0.39 is 17.1 Å². The van der Waals surface area contributed by atoms with Crippen LogP contribution in [-0.2, 0) is 5.67 Å². The fourth-order valence-corrected chi connectivity index (χ4v) is 2.01. The summed E-state index contributed by atoms with van der Waals surface area (Å²) in [6, 6.07) is 11.7. The van der Waals surface area contributed by atoms with Gasteiger partial charge in [0.05, 0.1) is 5.69 Å². The minimum atomic E-state index is -1.41. The minimum absolute atomic E-state index is 0.0261. The number of carbonyl (C=O) groups excluding carboxylic acids is 1. The van der Waals surface area contributed by atoms with E-state index in [0.717, 1.165) is 0 Å². The Balaban J connectivity index is 1.84. The molecule has 2 N–H and O–H groups in total. The Bertz CT molecular complexity index is 705. The lowest BCUT2D eigenvalue weighted by atomic mass is 10.1. The molecule has 0 aliphatic heterocycles. The molecule has 3 rings (SSSR count). The fourth-order valence-electron chi connectivity index (χ4n) is 2.01. The molecule has 4 nitrogen and oxygen atoms in total. The van der Waals surface area contributed by atoms with Gasteiger partial charge in [0.15, 0.2) is 5.67 Å². The van der Waals surface area contributed by atoms with Crippen LogP contribution in [-0.4, -0.2) is 10.9 Å². The molecule has 1 amide bonds. The number of carbonyl (C=O) groups is 1. The van der Waals surface area contributed by atoms with E-state index in [1.165, 1.54) is 12.1 Å². The summed E-state index contributed by atoms with van der Waals surface area (Å²) < 4.78 is 13.8. The van der Waals surface area contributed by atoms with E-state index in [-0.39, 0.29) is 11.3 Å². The predicted molar refractivity (Wildman–Crippen MR) is 73.5 cm³/mol. The molecule has 0 bridgehead atoms. The van der Waals surface area contributed by atoms with Gasteiger partial charge in [0.1, 0.15) is 5.56 Å². The second-order valence-corrected chi connectivity index (χ2v) is 4.90. The van der Waals surface area contributed by atoms with Crippen LogP contribution in [0.25, 0.3) is 0 Å². The van der Waals surface area contributed by atoms with E-state index in [4.69, 9.17) is 0 Å². The van der Waals surface area contributed by atoms with Gasteiger partial charge in [0.25, 0.3) is 11.5 Å². The average Bonchev–Trinajstić information content (AvgIpc) is 3.19. The van der Waals surface area contributed by atoms with Crippen molar-refractivity contribution in [2.75, 3.05) is 5.32 Å². The van der Waals surface area contributed by atoms with Crippen LogP contribution in [0.2, 0.25) is 0 Å². The van der Waals surface area contributed by atoms with Crippen LogP contribution in [0.3, 0.4) is 0 Å². The molecule has 5 heteroatoms. The number of hydrogen-bond donors (Lipinski definition) is 2. The van der Waals surface area contributed by atoms with Gasteiger partial charge in [0, 0.05) is 5.69 Å². The molecule has 1 saturated carbocycles. The zero-order valence-electron chi connectivity index (χ0n) is 10.7. The number of pyridine rings is 1. The third-order valence-corrected chi connectivity index (χ3v) is 3.36. The van der Waals surface area contributed by atoms with Gasteiger partial charge in [-0.2, -0.15) is 0 Å². The van der Waals surface area contributed by atoms with E-state index in [2.05, 4.69) is 10.3 Å². The fraction of sp³-hybridized carbons (Fsp3) is 0.200. The number of amides is 1. The first-order valence-corrected chi connectivity index (χ1v) is 6.38. The Morgan fingerprint density at radius 3 is 2.45 bits per heavy atom. The van der Waals surface area contributed by atoms with Gasteiger partial charge in [-0.15, -0.1) is 0 Å². The van der Waals surface area contributed by atoms with Crippen molar-refractivity contribution in [3.63, 3.8) is 0 Å². The summed E-state index contributed by atoms with van der Waals surface area (Å²) in [4.78, 5) is 26.3. The van der Waals surface area contributed by atoms with Crippen molar-refractivity contribution in [2.24, 2.45) is 0 Å². The summed E-state index contributed by atoms with van der Waals surface area (Å²) in [5, 5.41) is 2.62. The van der Waals surface area contributed by atoms with E-state index in [1.807, 2.05) is 6.07 Å². The molecular weight excluding hydrogens is 259 g/mol. The van der Waals surface area contributed by atoms with E-state index in [0.29, 0.717) is 18.5 Å². The highest BCUT2D eigenvalue weighted by molar-refractivity contribution is 6.03. The minimum Gasteiger partial charge on any atom is -0.322 e. The van der Waals surface area contributed by atoms with E-state index in [1.54, 1.807) is 24.3 Å². The Labute approximate surface area is 114 Å². The van der Waals surface area contributed by atoms with Gasteiger partial charge in [0.2, 0.25) is 0 Å². The number of anilines is 1. The quantitative estimate of drug-likeness (QED) is 0.902. The Kier molecular flexibility index (Phi) is 2.89. The lowest BCUT2D eigenvalue weighted by molar-refractivity contribution is 0.102. The molecule has 1 fully saturated rings. The monoisotopic (exact) mass is 272 g/mol. The van der Waals surface area contributed by atoms with E-state index >= 15 is 0 Å². The molecule has 1 aliphatic rings. The number of nitrogens with one attached hydrogen (secondary N) is 2. The third-order valence-electron chi connectivity index (χ3n) is 3.36. The maximum atomic E-state index is 13.8. The normalized spacial score (nSPS) is 15.7. The van der Waals surface area contributed by atoms with Crippen LogP contribution < -0.4 is 10.9 Å². The van der Waals surface area contributed by atoms with Gasteiger partial charge in [-0.3, -0.25) is 9.59 Å². The first-order valence-electron chi connectivity index (χ1n) is 6.38. The highest BCUT2D eigenvalue weighted by atomic mass is 19.1. The number of hydrogen-bond acceptors (Lipinski definition) is 2. The van der Waals surface area contributed by atoms with Crippen molar-refractivity contribution in [1.82, 2.24) is 4.98 Å². The number of rotatable bonds is 3. The molecule has 0 spiro atoms. The summed E-state index contributed by atoms with van der Waals surface area (Å²) in [7, 11) is 0. The van der Waals surface area contributed by atoms with Crippen molar-refractivity contribution < 1.29 is 9.18 Å². The summed E-state index contributed by atoms with van der Waals surface area (Å²) >= 11 is 0. The molecule has 2 aromatic rings. The van der Waals surface area contributed by atoms with Crippen molar-refractivity contribution in [2.45, 2.75) is 18.5 Å². The second kappa shape index (κ2) is 4.59. The molecule has 1 heterocycles. The average molecular weight is 272 g/mol. The molecule has 1 aromatic heterocycles. The second-order valence-electron chi connectivity index (χ2n) is 4.90. The number of aromatic nitrogens is 1. The molecule has 1 aromatic carbocycles. The molecule has 0 atom stereocenters. The Morgan fingerprint density at radius 1 is 1.15 bits per heavy atom. The first-order chi connectivity index (χ1) is 9.58. The zero-order valence-corrected chi connectivity index (χ0v) is 10.7. The maximum Gasteiger partial charge on any atom is 0.261 e. The van der Waals surface area contributed by atoms with Gasteiger partial charge in [-0.1, -0.05) is 18.2 Å². The molecule has 0 saturated heterocycles. The third kappa shape index (κ3) is 2.34. The zero-order chi connectivity index (χ0) is 14.2. The largest absolute Gasteiger partial charge is 0.322 e. The van der Waals surface area contributed by atoms with Crippen LogP contribution in [0, 0.1) is 0 Å². The smallest absolute Gasteiger partial charge is 0.261 e. The van der Waals surface area contributed by atoms with Crippen LogP contribution in [0.1, 0.15) is 28.9 Å². The Hall–Kier alpha value is -2.43. The summed E-state index contributed by atoms with van der Waals surface area (Å²) in [5.41, 5.74) is -1.15. The molecule has 0 unspecified atom stereocenters. The Morgan fingerprint density at radius 2 is 1.85 bits per heavy atom. The number of alkyl halides is 1. The summed E-state index contributed by atoms with van der Waals surface area (Å²) in [6.45, 7) is 0. The van der Waals surface area contributed by atoms with Gasteiger partial charge in [-0.05, 0) is 37.1 Å². The molecule has 102 valence electrons. The van der Waals surface area contributed by atoms with Gasteiger partial charge < -0.3 is 10.3 Å². The van der Waals surface area contributed by atoms with Crippen LogP contribution >= 0.6 is 0 Å². The van der Waals surface area contributed by atoms with Gasteiger partial charge >= 0.3 is 0 Å². The number of H-pyrrole nitrogens is 1. The number of halogens is 1. The SMILES string of the molecule is O=C(Nc1ccccc1)c1ccc(C2(F)CC2)[nH]c1=O. The van der Waals surface area contributed by atoms with Crippen LogP contribution in [0.15, 0.2) is 47.3 Å². The van der Waals surface area contributed by atoms with Crippen LogP contribution in [0.4, 0.5) is 10.1 Å². The number of benzene rings is 1. The highest BCUT2D eigenvalue weighted by Crippen LogP contribution is 2.48. The molecule has 0 radical (unpaired) electrons. The molecular formula is C15H13FN2O2. The van der Waals surface area contributed by atoms with Crippen molar-refractivity contribution in [3.8, 4) is 0 Å².